The van der Waals surface area contributed by atoms with E-state index < -0.39 is 0 Å². The Bertz CT molecular complexity index is 734. The number of hydrogen-bond donors (Lipinski definition) is 1. The van der Waals surface area contributed by atoms with Gasteiger partial charge in [0.15, 0.2) is 0 Å². The van der Waals surface area contributed by atoms with Crippen LogP contribution in [0.25, 0.3) is 17.2 Å². The van der Waals surface area contributed by atoms with Crippen LogP contribution >= 0.6 is 0 Å². The number of hydrogen-bond acceptors (Lipinski definition) is 2. The number of benzene rings is 1. The standard InChI is InChI=1S/C21H23FN2O/c22-20-9-7-18(8-10-20)19-12-17(13-23-15-19)6-11-21(25)24-14-16-4-2-1-3-5-16/h6-13,15-16H,1-5,14H2,(H,24,25)/b11-6+. The van der Waals surface area contributed by atoms with E-state index in [1.54, 1.807) is 36.7 Å². The van der Waals surface area contributed by atoms with Crippen molar-refractivity contribution < 1.29 is 9.18 Å². The number of nitrogens with one attached hydrogen (secondary N) is 1. The Balaban J connectivity index is 1.58. The summed E-state index contributed by atoms with van der Waals surface area (Å²) in [5, 5.41) is 2.99. The van der Waals surface area contributed by atoms with E-state index in [9.17, 15) is 9.18 Å². The van der Waals surface area contributed by atoms with Gasteiger partial charge >= 0.3 is 0 Å². The lowest BCUT2D eigenvalue weighted by Crippen LogP contribution is -2.28. The van der Waals surface area contributed by atoms with Crippen molar-refractivity contribution in [2.45, 2.75) is 32.1 Å². The second-order valence-corrected chi connectivity index (χ2v) is 6.60. The summed E-state index contributed by atoms with van der Waals surface area (Å²) in [5.74, 6) is 0.287. The fourth-order valence-corrected chi connectivity index (χ4v) is 3.22. The summed E-state index contributed by atoms with van der Waals surface area (Å²) in [6, 6.07) is 8.23. The molecule has 25 heavy (non-hydrogen) atoms. The van der Waals surface area contributed by atoms with E-state index in [1.165, 1.54) is 44.2 Å². The zero-order valence-corrected chi connectivity index (χ0v) is 14.2. The largest absolute Gasteiger partial charge is 0.352 e. The van der Waals surface area contributed by atoms with E-state index in [2.05, 4.69) is 10.3 Å². The molecule has 0 aliphatic heterocycles. The highest BCUT2D eigenvalue weighted by Gasteiger charge is 2.13. The molecule has 0 atom stereocenters. The summed E-state index contributed by atoms with van der Waals surface area (Å²) in [6.45, 7) is 0.761. The SMILES string of the molecule is O=C(/C=C/c1cncc(-c2ccc(F)cc2)c1)NCC1CCCCC1. The minimum absolute atomic E-state index is 0.0715. The molecule has 130 valence electrons. The van der Waals surface area contributed by atoms with E-state index in [4.69, 9.17) is 0 Å². The summed E-state index contributed by atoms with van der Waals surface area (Å²) in [4.78, 5) is 16.2. The highest BCUT2D eigenvalue weighted by atomic mass is 19.1. The van der Waals surface area contributed by atoms with Crippen molar-refractivity contribution in [3.05, 3.63) is 60.2 Å². The zero-order chi connectivity index (χ0) is 17.5. The second-order valence-electron chi connectivity index (χ2n) is 6.60. The molecule has 1 amide bonds. The molecule has 1 heterocycles. The molecule has 1 N–H and O–H groups in total. The molecule has 1 aromatic carbocycles. The van der Waals surface area contributed by atoms with Crippen LogP contribution in [0.4, 0.5) is 4.39 Å². The van der Waals surface area contributed by atoms with Crippen LogP contribution in [0.2, 0.25) is 0 Å². The molecule has 3 nitrogen and oxygen atoms in total. The van der Waals surface area contributed by atoms with Gasteiger partial charge in [0, 0.05) is 30.6 Å². The fraction of sp³-hybridized carbons (Fsp3) is 0.333. The van der Waals surface area contributed by atoms with Crippen molar-refractivity contribution in [3.8, 4) is 11.1 Å². The van der Waals surface area contributed by atoms with Gasteiger partial charge in [0.1, 0.15) is 5.82 Å². The first-order valence-electron chi connectivity index (χ1n) is 8.87. The van der Waals surface area contributed by atoms with Gasteiger partial charge in [0.05, 0.1) is 0 Å². The molecule has 1 aliphatic carbocycles. The summed E-state index contributed by atoms with van der Waals surface area (Å²) < 4.78 is 13.0. The molecule has 0 radical (unpaired) electrons. The summed E-state index contributed by atoms with van der Waals surface area (Å²) in [7, 11) is 0. The van der Waals surface area contributed by atoms with Crippen LogP contribution in [0.3, 0.4) is 0 Å². The van der Waals surface area contributed by atoms with Crippen molar-refractivity contribution in [3.63, 3.8) is 0 Å². The van der Waals surface area contributed by atoms with E-state index in [0.29, 0.717) is 5.92 Å². The third-order valence-corrected chi connectivity index (χ3v) is 4.65. The molecule has 0 saturated heterocycles. The number of carbonyl (C=O) groups is 1. The van der Waals surface area contributed by atoms with Gasteiger partial charge in [-0.15, -0.1) is 0 Å². The van der Waals surface area contributed by atoms with Gasteiger partial charge in [-0.3, -0.25) is 9.78 Å². The highest BCUT2D eigenvalue weighted by molar-refractivity contribution is 5.91. The monoisotopic (exact) mass is 338 g/mol. The third-order valence-electron chi connectivity index (χ3n) is 4.65. The van der Waals surface area contributed by atoms with Crippen molar-refractivity contribution in [2.75, 3.05) is 6.54 Å². The Morgan fingerprint density at radius 1 is 1.12 bits per heavy atom. The van der Waals surface area contributed by atoms with Crippen molar-refractivity contribution in [2.24, 2.45) is 5.92 Å². The second kappa shape index (κ2) is 8.56. The molecule has 1 saturated carbocycles. The van der Waals surface area contributed by atoms with E-state index in [-0.39, 0.29) is 11.7 Å². The zero-order valence-electron chi connectivity index (χ0n) is 14.2. The Labute approximate surface area is 148 Å². The fourth-order valence-electron chi connectivity index (χ4n) is 3.22. The molecular weight excluding hydrogens is 315 g/mol. The average Bonchev–Trinajstić information content (AvgIpc) is 2.66. The Hall–Kier alpha value is -2.49. The molecule has 1 fully saturated rings. The lowest BCUT2D eigenvalue weighted by atomic mass is 9.89. The summed E-state index contributed by atoms with van der Waals surface area (Å²) >= 11 is 0. The first-order valence-corrected chi connectivity index (χ1v) is 8.87. The molecule has 0 unspecified atom stereocenters. The van der Waals surface area contributed by atoms with Gasteiger partial charge in [0.2, 0.25) is 5.91 Å². The number of pyridine rings is 1. The molecule has 4 heteroatoms. The molecule has 1 aromatic heterocycles. The maximum atomic E-state index is 13.0. The number of halogens is 1. The number of aromatic nitrogens is 1. The molecule has 3 rings (SSSR count). The molecular formula is C21H23FN2O. The first kappa shape index (κ1) is 17.3. The van der Waals surface area contributed by atoms with Crippen LogP contribution in [0.5, 0.6) is 0 Å². The van der Waals surface area contributed by atoms with Crippen molar-refractivity contribution in [1.29, 1.82) is 0 Å². The minimum atomic E-state index is -0.262. The van der Waals surface area contributed by atoms with Gasteiger partial charge in [-0.2, -0.15) is 0 Å². The smallest absolute Gasteiger partial charge is 0.244 e. The number of rotatable bonds is 5. The van der Waals surface area contributed by atoms with Gasteiger partial charge in [-0.1, -0.05) is 31.4 Å². The maximum Gasteiger partial charge on any atom is 0.244 e. The molecule has 0 spiro atoms. The Morgan fingerprint density at radius 2 is 1.88 bits per heavy atom. The summed E-state index contributed by atoms with van der Waals surface area (Å²) in [5.41, 5.74) is 2.63. The number of carbonyl (C=O) groups excluding carboxylic acids is 1. The van der Waals surface area contributed by atoms with E-state index >= 15 is 0 Å². The van der Waals surface area contributed by atoms with Crippen LogP contribution in [0.15, 0.2) is 48.8 Å². The van der Waals surface area contributed by atoms with E-state index in [0.717, 1.165) is 23.2 Å². The lowest BCUT2D eigenvalue weighted by molar-refractivity contribution is -0.116. The Morgan fingerprint density at radius 3 is 2.64 bits per heavy atom. The quantitative estimate of drug-likeness (QED) is 0.810. The number of nitrogens with zero attached hydrogens (tertiary/aromatic N) is 1. The first-order chi connectivity index (χ1) is 12.2. The topological polar surface area (TPSA) is 42.0 Å². The predicted molar refractivity (Wildman–Crippen MR) is 98.2 cm³/mol. The Kier molecular flexibility index (Phi) is 5.94. The molecule has 2 aromatic rings. The van der Waals surface area contributed by atoms with Crippen molar-refractivity contribution in [1.82, 2.24) is 10.3 Å². The van der Waals surface area contributed by atoms with Crippen LogP contribution in [0.1, 0.15) is 37.7 Å². The van der Waals surface area contributed by atoms with Crippen LogP contribution in [-0.2, 0) is 4.79 Å². The van der Waals surface area contributed by atoms with Gasteiger partial charge in [0.25, 0.3) is 0 Å². The number of amides is 1. The third kappa shape index (κ3) is 5.24. The molecule has 0 bridgehead atoms. The van der Waals surface area contributed by atoms with Crippen LogP contribution in [-0.4, -0.2) is 17.4 Å². The normalized spacial score (nSPS) is 15.4. The van der Waals surface area contributed by atoms with Gasteiger partial charge in [-0.05, 0) is 54.2 Å². The van der Waals surface area contributed by atoms with Gasteiger partial charge < -0.3 is 5.32 Å². The predicted octanol–water partition coefficient (Wildman–Crippen LogP) is 4.60. The van der Waals surface area contributed by atoms with Crippen LogP contribution < -0.4 is 5.32 Å². The minimum Gasteiger partial charge on any atom is -0.352 e. The van der Waals surface area contributed by atoms with E-state index in [1.807, 2.05) is 6.07 Å². The maximum absolute atomic E-state index is 13.0. The van der Waals surface area contributed by atoms with Crippen LogP contribution in [0, 0.1) is 11.7 Å². The van der Waals surface area contributed by atoms with Crippen molar-refractivity contribution >= 4 is 12.0 Å². The highest BCUT2D eigenvalue weighted by Crippen LogP contribution is 2.23. The summed E-state index contributed by atoms with van der Waals surface area (Å²) in [6.07, 6.45) is 13.1. The lowest BCUT2D eigenvalue weighted by Gasteiger charge is -2.21. The van der Waals surface area contributed by atoms with Gasteiger partial charge in [-0.25, -0.2) is 4.39 Å². The molecule has 1 aliphatic rings. The average molecular weight is 338 g/mol.